The maximum atomic E-state index is 11.7. The number of nitrogens with zero attached hydrogens (tertiary/aromatic N) is 1. The standard InChI is InChI=1S/C15H16N2O6S/c1-10-3-4-11(2)13(7-10)22-9-14(18)17-16-8-12-5-6-15(23-12)24(19,20)21/h3-8H,9H2,1-2H3,(H,17,18)(H,19,20,21). The molecule has 128 valence electrons. The zero-order valence-electron chi connectivity index (χ0n) is 13.0. The molecule has 0 atom stereocenters. The van der Waals surface area contributed by atoms with Crippen molar-refractivity contribution in [2.45, 2.75) is 18.9 Å². The van der Waals surface area contributed by atoms with E-state index in [1.54, 1.807) is 0 Å². The summed E-state index contributed by atoms with van der Waals surface area (Å²) in [6, 6.07) is 8.01. The molecule has 0 aliphatic carbocycles. The van der Waals surface area contributed by atoms with Crippen molar-refractivity contribution in [1.29, 1.82) is 0 Å². The molecule has 2 N–H and O–H groups in total. The maximum Gasteiger partial charge on any atom is 0.328 e. The average molecular weight is 352 g/mol. The van der Waals surface area contributed by atoms with Gasteiger partial charge in [0.05, 0.1) is 6.21 Å². The zero-order chi connectivity index (χ0) is 17.7. The Hall–Kier alpha value is -2.65. The number of rotatable bonds is 6. The highest BCUT2D eigenvalue weighted by Gasteiger charge is 2.14. The monoisotopic (exact) mass is 352 g/mol. The van der Waals surface area contributed by atoms with E-state index in [1.165, 1.54) is 6.07 Å². The largest absolute Gasteiger partial charge is 0.483 e. The van der Waals surface area contributed by atoms with Crippen LogP contribution in [0.25, 0.3) is 0 Å². The molecule has 1 amide bonds. The van der Waals surface area contributed by atoms with Gasteiger partial charge in [-0.1, -0.05) is 12.1 Å². The summed E-state index contributed by atoms with van der Waals surface area (Å²) < 4.78 is 40.7. The predicted molar refractivity (Wildman–Crippen MR) is 85.7 cm³/mol. The molecular weight excluding hydrogens is 336 g/mol. The third-order valence-electron chi connectivity index (χ3n) is 2.94. The Morgan fingerprint density at radius 3 is 2.75 bits per heavy atom. The van der Waals surface area contributed by atoms with E-state index in [1.807, 2.05) is 32.0 Å². The summed E-state index contributed by atoms with van der Waals surface area (Å²) in [5.74, 6) is 0.171. The number of aryl methyl sites for hydroxylation is 2. The molecule has 8 nitrogen and oxygen atoms in total. The van der Waals surface area contributed by atoms with Crippen molar-refractivity contribution < 1.29 is 26.9 Å². The van der Waals surface area contributed by atoms with Gasteiger partial charge in [-0.2, -0.15) is 13.5 Å². The Balaban J connectivity index is 1.87. The predicted octanol–water partition coefficient (Wildman–Crippen LogP) is 1.67. The van der Waals surface area contributed by atoms with Gasteiger partial charge in [-0.05, 0) is 43.2 Å². The van der Waals surface area contributed by atoms with E-state index in [4.69, 9.17) is 13.7 Å². The van der Waals surface area contributed by atoms with Crippen molar-refractivity contribution in [3.05, 3.63) is 47.2 Å². The number of hydrogen-bond acceptors (Lipinski definition) is 6. The van der Waals surface area contributed by atoms with E-state index in [9.17, 15) is 13.2 Å². The first-order chi connectivity index (χ1) is 11.3. The molecule has 1 aromatic carbocycles. The lowest BCUT2D eigenvalue weighted by atomic mass is 10.1. The van der Waals surface area contributed by atoms with E-state index in [0.29, 0.717) is 5.75 Å². The van der Waals surface area contributed by atoms with Crippen LogP contribution in [0.15, 0.2) is 44.9 Å². The Morgan fingerprint density at radius 2 is 2.08 bits per heavy atom. The van der Waals surface area contributed by atoms with Crippen molar-refractivity contribution in [1.82, 2.24) is 5.43 Å². The van der Waals surface area contributed by atoms with Gasteiger partial charge in [0.1, 0.15) is 11.5 Å². The Bertz CT molecular complexity index is 870. The summed E-state index contributed by atoms with van der Waals surface area (Å²) in [7, 11) is -4.41. The summed E-state index contributed by atoms with van der Waals surface area (Å²) in [5.41, 5.74) is 4.14. The highest BCUT2D eigenvalue weighted by molar-refractivity contribution is 7.85. The number of carbonyl (C=O) groups is 1. The van der Waals surface area contributed by atoms with Crippen LogP contribution in [0.1, 0.15) is 16.9 Å². The smallest absolute Gasteiger partial charge is 0.328 e. The minimum absolute atomic E-state index is 0.0540. The fourth-order valence-electron chi connectivity index (χ4n) is 1.75. The summed E-state index contributed by atoms with van der Waals surface area (Å²) in [4.78, 5) is 11.7. The second-order valence-corrected chi connectivity index (χ2v) is 6.34. The minimum atomic E-state index is -4.41. The van der Waals surface area contributed by atoms with Crippen molar-refractivity contribution in [2.75, 3.05) is 6.61 Å². The first-order valence-electron chi connectivity index (χ1n) is 6.85. The van der Waals surface area contributed by atoms with Gasteiger partial charge < -0.3 is 9.15 Å². The second kappa shape index (κ2) is 7.28. The molecule has 0 saturated heterocycles. The number of ether oxygens (including phenoxy) is 1. The van der Waals surface area contributed by atoms with Gasteiger partial charge in [-0.25, -0.2) is 5.43 Å². The number of carbonyl (C=O) groups excluding carboxylic acids is 1. The van der Waals surface area contributed by atoms with Crippen LogP contribution >= 0.6 is 0 Å². The summed E-state index contributed by atoms with van der Waals surface area (Å²) in [5, 5.41) is 3.01. The van der Waals surface area contributed by atoms with Crippen LogP contribution in [0.2, 0.25) is 0 Å². The lowest BCUT2D eigenvalue weighted by Crippen LogP contribution is -2.24. The third-order valence-corrected chi connectivity index (χ3v) is 3.67. The molecule has 0 spiro atoms. The molecule has 0 bridgehead atoms. The third kappa shape index (κ3) is 4.93. The molecule has 1 aromatic heterocycles. The van der Waals surface area contributed by atoms with Gasteiger partial charge in [0.15, 0.2) is 6.61 Å². The van der Waals surface area contributed by atoms with E-state index < -0.39 is 21.1 Å². The average Bonchev–Trinajstić information content (AvgIpc) is 2.97. The van der Waals surface area contributed by atoms with E-state index in [-0.39, 0.29) is 12.4 Å². The number of hydrazone groups is 1. The number of hydrogen-bond donors (Lipinski definition) is 2. The Kier molecular flexibility index (Phi) is 5.37. The van der Waals surface area contributed by atoms with Crippen molar-refractivity contribution in [3.63, 3.8) is 0 Å². The molecule has 1 heterocycles. The van der Waals surface area contributed by atoms with Crippen molar-refractivity contribution >= 4 is 22.2 Å². The normalized spacial score (nSPS) is 11.6. The SMILES string of the molecule is Cc1ccc(C)c(OCC(=O)NN=Cc2ccc(S(=O)(=O)O)o2)c1. The topological polar surface area (TPSA) is 118 Å². The molecular formula is C15H16N2O6S. The first kappa shape index (κ1) is 17.7. The molecule has 0 fully saturated rings. The van der Waals surface area contributed by atoms with Crippen LogP contribution in [0.4, 0.5) is 0 Å². The van der Waals surface area contributed by atoms with Crippen LogP contribution in [0.3, 0.4) is 0 Å². The van der Waals surface area contributed by atoms with Crippen LogP contribution in [0.5, 0.6) is 5.75 Å². The molecule has 0 aliphatic heterocycles. The Labute approximate surface area is 138 Å². The van der Waals surface area contributed by atoms with Gasteiger partial charge in [-0.3, -0.25) is 9.35 Å². The number of furan rings is 1. The molecule has 0 radical (unpaired) electrons. The lowest BCUT2D eigenvalue weighted by Gasteiger charge is -2.08. The lowest BCUT2D eigenvalue weighted by molar-refractivity contribution is -0.123. The maximum absolute atomic E-state index is 11.7. The molecule has 2 rings (SSSR count). The molecule has 2 aromatic rings. The molecule has 0 aliphatic rings. The summed E-state index contributed by atoms with van der Waals surface area (Å²) >= 11 is 0. The zero-order valence-corrected chi connectivity index (χ0v) is 13.8. The highest BCUT2D eigenvalue weighted by Crippen LogP contribution is 2.18. The number of nitrogens with one attached hydrogen (secondary N) is 1. The highest BCUT2D eigenvalue weighted by atomic mass is 32.2. The van der Waals surface area contributed by atoms with E-state index in [0.717, 1.165) is 23.4 Å². The van der Waals surface area contributed by atoms with E-state index >= 15 is 0 Å². The second-order valence-electron chi connectivity index (χ2n) is 4.98. The van der Waals surface area contributed by atoms with Crippen LogP contribution in [0, 0.1) is 13.8 Å². The van der Waals surface area contributed by atoms with Gasteiger partial charge in [0.25, 0.3) is 5.91 Å². The first-order valence-corrected chi connectivity index (χ1v) is 8.29. The molecule has 0 unspecified atom stereocenters. The van der Waals surface area contributed by atoms with Gasteiger partial charge in [0.2, 0.25) is 5.09 Å². The van der Waals surface area contributed by atoms with Crippen LogP contribution < -0.4 is 10.2 Å². The Morgan fingerprint density at radius 1 is 1.33 bits per heavy atom. The van der Waals surface area contributed by atoms with Crippen molar-refractivity contribution in [2.24, 2.45) is 5.10 Å². The number of benzene rings is 1. The fourth-order valence-corrected chi connectivity index (χ4v) is 2.19. The molecule has 24 heavy (non-hydrogen) atoms. The summed E-state index contributed by atoms with van der Waals surface area (Å²) in [6.45, 7) is 3.56. The minimum Gasteiger partial charge on any atom is -0.483 e. The van der Waals surface area contributed by atoms with Crippen molar-refractivity contribution in [3.8, 4) is 5.75 Å². The quantitative estimate of drug-likeness (QED) is 0.464. The van der Waals surface area contributed by atoms with E-state index in [2.05, 4.69) is 10.5 Å². The molecule has 0 saturated carbocycles. The van der Waals surface area contributed by atoms with Gasteiger partial charge >= 0.3 is 10.1 Å². The van der Waals surface area contributed by atoms with Crippen LogP contribution in [-0.4, -0.2) is 31.7 Å². The fraction of sp³-hybridized carbons (Fsp3) is 0.200. The summed E-state index contributed by atoms with van der Waals surface area (Å²) in [6.07, 6.45) is 1.10. The number of amides is 1. The van der Waals surface area contributed by atoms with Crippen LogP contribution in [-0.2, 0) is 14.9 Å². The van der Waals surface area contributed by atoms with Gasteiger partial charge in [0, 0.05) is 0 Å². The molecule has 9 heteroatoms. The van der Waals surface area contributed by atoms with Gasteiger partial charge in [-0.15, -0.1) is 0 Å².